The Kier molecular flexibility index (Phi) is 3.38. The third-order valence-corrected chi connectivity index (χ3v) is 4.60. The Hall–Kier alpha value is -1.62. The highest BCUT2D eigenvalue weighted by Crippen LogP contribution is 2.28. The van der Waals surface area contributed by atoms with Crippen molar-refractivity contribution in [1.82, 2.24) is 15.1 Å². The van der Waals surface area contributed by atoms with Gasteiger partial charge in [-0.1, -0.05) is 6.07 Å². The molecule has 0 spiro atoms. The minimum atomic E-state index is 0.238. The fourth-order valence-corrected chi connectivity index (χ4v) is 3.36. The summed E-state index contributed by atoms with van der Waals surface area (Å²) < 4.78 is 0. The number of hydrogen-bond acceptors (Lipinski definition) is 3. The first-order valence-electron chi connectivity index (χ1n) is 6.54. The third-order valence-electron chi connectivity index (χ3n) is 3.72. The van der Waals surface area contributed by atoms with E-state index < -0.39 is 0 Å². The average Bonchev–Trinajstić information content (AvgIpc) is 3.08. The van der Waals surface area contributed by atoms with E-state index in [2.05, 4.69) is 17.1 Å². The number of nitrogens with one attached hydrogen (secondary N) is 1. The van der Waals surface area contributed by atoms with Crippen molar-refractivity contribution in [2.24, 2.45) is 0 Å². The van der Waals surface area contributed by atoms with Crippen LogP contribution in [0.3, 0.4) is 0 Å². The van der Waals surface area contributed by atoms with Crippen molar-refractivity contribution < 1.29 is 4.79 Å². The number of hydrogen-bond donors (Lipinski definition) is 1. The second-order valence-electron chi connectivity index (χ2n) is 5.05. The highest BCUT2D eigenvalue weighted by atomic mass is 32.1. The number of aromatic nitrogens is 2. The van der Waals surface area contributed by atoms with Gasteiger partial charge in [-0.05, 0) is 30.4 Å². The van der Waals surface area contributed by atoms with Crippen LogP contribution in [0.5, 0.6) is 0 Å². The van der Waals surface area contributed by atoms with E-state index in [4.69, 9.17) is 0 Å². The van der Waals surface area contributed by atoms with Gasteiger partial charge in [0.05, 0.1) is 12.6 Å². The maximum absolute atomic E-state index is 12.2. The van der Waals surface area contributed by atoms with Crippen molar-refractivity contribution in [3.8, 4) is 0 Å². The van der Waals surface area contributed by atoms with Crippen LogP contribution >= 0.6 is 11.3 Å². The largest absolute Gasteiger partial charge is 0.342 e. The van der Waals surface area contributed by atoms with E-state index >= 15 is 0 Å². The summed E-state index contributed by atoms with van der Waals surface area (Å²) in [6.45, 7) is 3.73. The summed E-state index contributed by atoms with van der Waals surface area (Å²) in [5, 5.41) is 9.15. The van der Waals surface area contributed by atoms with Crippen LogP contribution in [0.4, 0.5) is 0 Å². The van der Waals surface area contributed by atoms with Crippen LogP contribution in [0.15, 0.2) is 23.7 Å². The zero-order chi connectivity index (χ0) is 13.2. The Morgan fingerprint density at radius 1 is 1.63 bits per heavy atom. The molecule has 0 aliphatic carbocycles. The normalized spacial score (nSPS) is 19.0. The van der Waals surface area contributed by atoms with E-state index in [1.165, 1.54) is 11.3 Å². The molecular formula is C14H17N3OS. The number of likely N-dealkylation sites (tertiary alicyclic amines) is 1. The number of carbonyl (C=O) groups excluding carboxylic acids is 1. The summed E-state index contributed by atoms with van der Waals surface area (Å²) >= 11 is 1.65. The van der Waals surface area contributed by atoms with E-state index in [0.717, 1.165) is 24.4 Å². The van der Waals surface area contributed by atoms with Crippen LogP contribution in [0.2, 0.25) is 0 Å². The molecule has 19 heavy (non-hydrogen) atoms. The highest BCUT2D eigenvalue weighted by molar-refractivity contribution is 7.10. The topological polar surface area (TPSA) is 49.0 Å². The maximum Gasteiger partial charge on any atom is 0.227 e. The van der Waals surface area contributed by atoms with E-state index in [0.29, 0.717) is 12.3 Å². The zero-order valence-electron chi connectivity index (χ0n) is 10.9. The number of thiophene rings is 1. The molecule has 1 aliphatic rings. The molecule has 4 nitrogen and oxygen atoms in total. The fourth-order valence-electron chi connectivity index (χ4n) is 2.67. The zero-order valence-corrected chi connectivity index (χ0v) is 11.7. The number of aryl methyl sites for hydroxylation is 1. The Bertz CT molecular complexity index is 561. The molecule has 3 heterocycles. The van der Waals surface area contributed by atoms with Gasteiger partial charge in [0.15, 0.2) is 0 Å². The average molecular weight is 275 g/mol. The van der Waals surface area contributed by atoms with Crippen molar-refractivity contribution in [2.75, 3.05) is 13.1 Å². The number of amides is 1. The van der Waals surface area contributed by atoms with E-state index in [1.54, 1.807) is 11.3 Å². The van der Waals surface area contributed by atoms with Crippen LogP contribution in [0, 0.1) is 6.92 Å². The van der Waals surface area contributed by atoms with Gasteiger partial charge < -0.3 is 4.90 Å². The van der Waals surface area contributed by atoms with E-state index in [1.807, 2.05) is 28.6 Å². The SMILES string of the molecule is Cc1cn[nH]c1C1CCN(C(=O)Cc2cccs2)C1. The number of rotatable bonds is 3. The lowest BCUT2D eigenvalue weighted by atomic mass is 10.0. The molecule has 0 saturated carbocycles. The Labute approximate surface area is 116 Å². The molecule has 2 aromatic heterocycles. The first kappa shape index (κ1) is 12.4. The maximum atomic E-state index is 12.2. The molecule has 0 bridgehead atoms. The number of H-pyrrole nitrogens is 1. The summed E-state index contributed by atoms with van der Waals surface area (Å²) in [6, 6.07) is 4.02. The Balaban J connectivity index is 1.63. The quantitative estimate of drug-likeness (QED) is 0.934. The second-order valence-corrected chi connectivity index (χ2v) is 6.08. The predicted molar refractivity (Wildman–Crippen MR) is 75.3 cm³/mol. The van der Waals surface area contributed by atoms with Gasteiger partial charge in [0.25, 0.3) is 0 Å². The minimum absolute atomic E-state index is 0.238. The van der Waals surface area contributed by atoms with Gasteiger partial charge in [-0.15, -0.1) is 11.3 Å². The molecule has 1 atom stereocenters. The molecule has 2 aromatic rings. The van der Waals surface area contributed by atoms with Gasteiger partial charge in [-0.25, -0.2) is 0 Å². The lowest BCUT2D eigenvalue weighted by Crippen LogP contribution is -2.29. The third kappa shape index (κ3) is 2.56. The molecule has 100 valence electrons. The van der Waals surface area contributed by atoms with Gasteiger partial charge in [0.1, 0.15) is 0 Å². The summed E-state index contributed by atoms with van der Waals surface area (Å²) in [5.74, 6) is 0.650. The van der Waals surface area contributed by atoms with Crippen LogP contribution < -0.4 is 0 Å². The lowest BCUT2D eigenvalue weighted by molar-refractivity contribution is -0.129. The van der Waals surface area contributed by atoms with Crippen LogP contribution in [-0.4, -0.2) is 34.1 Å². The molecule has 1 N–H and O–H groups in total. The number of aromatic amines is 1. The molecule has 3 rings (SSSR count). The van der Waals surface area contributed by atoms with E-state index in [9.17, 15) is 4.79 Å². The summed E-state index contributed by atoms with van der Waals surface area (Å²) in [7, 11) is 0. The standard InChI is InChI=1S/C14H17N3OS/c1-10-8-15-16-14(10)11-4-5-17(9-11)13(18)7-12-3-2-6-19-12/h2-3,6,8,11H,4-5,7,9H2,1H3,(H,15,16). The molecule has 1 aliphatic heterocycles. The molecule has 0 aromatic carbocycles. The predicted octanol–water partition coefficient (Wildman–Crippen LogP) is 2.34. The molecule has 0 radical (unpaired) electrons. The van der Waals surface area contributed by atoms with Gasteiger partial charge in [0.2, 0.25) is 5.91 Å². The number of carbonyl (C=O) groups is 1. The summed E-state index contributed by atoms with van der Waals surface area (Å²) in [4.78, 5) is 15.3. The first-order chi connectivity index (χ1) is 9.24. The Morgan fingerprint density at radius 3 is 3.21 bits per heavy atom. The molecule has 1 unspecified atom stereocenters. The smallest absolute Gasteiger partial charge is 0.227 e. The highest BCUT2D eigenvalue weighted by Gasteiger charge is 2.29. The fraction of sp³-hybridized carbons (Fsp3) is 0.429. The van der Waals surface area contributed by atoms with Crippen molar-refractivity contribution in [1.29, 1.82) is 0 Å². The van der Waals surface area contributed by atoms with Gasteiger partial charge in [0, 0.05) is 29.6 Å². The molecule has 1 fully saturated rings. The molecule has 1 amide bonds. The summed E-state index contributed by atoms with van der Waals surface area (Å²) in [5.41, 5.74) is 2.38. The van der Waals surface area contributed by atoms with Crippen LogP contribution in [0.1, 0.15) is 28.5 Å². The van der Waals surface area contributed by atoms with Crippen molar-refractivity contribution >= 4 is 17.2 Å². The van der Waals surface area contributed by atoms with Crippen LogP contribution in [-0.2, 0) is 11.2 Å². The van der Waals surface area contributed by atoms with Crippen molar-refractivity contribution in [2.45, 2.75) is 25.7 Å². The minimum Gasteiger partial charge on any atom is -0.342 e. The van der Waals surface area contributed by atoms with Crippen molar-refractivity contribution in [3.05, 3.63) is 39.8 Å². The second kappa shape index (κ2) is 5.17. The molecule has 1 saturated heterocycles. The monoisotopic (exact) mass is 275 g/mol. The van der Waals surface area contributed by atoms with Crippen LogP contribution in [0.25, 0.3) is 0 Å². The number of nitrogens with zero attached hydrogens (tertiary/aromatic N) is 2. The van der Waals surface area contributed by atoms with Gasteiger partial charge >= 0.3 is 0 Å². The van der Waals surface area contributed by atoms with Crippen molar-refractivity contribution in [3.63, 3.8) is 0 Å². The van der Waals surface area contributed by atoms with Gasteiger partial charge in [-0.2, -0.15) is 5.10 Å². The van der Waals surface area contributed by atoms with Gasteiger partial charge in [-0.3, -0.25) is 9.89 Å². The first-order valence-corrected chi connectivity index (χ1v) is 7.42. The Morgan fingerprint density at radius 2 is 2.53 bits per heavy atom. The van der Waals surface area contributed by atoms with E-state index in [-0.39, 0.29) is 5.91 Å². The molecular weight excluding hydrogens is 258 g/mol. The lowest BCUT2D eigenvalue weighted by Gasteiger charge is -2.16. The summed E-state index contributed by atoms with van der Waals surface area (Å²) in [6.07, 6.45) is 3.41. The molecule has 5 heteroatoms.